The molecule has 9 nitrogen and oxygen atoms in total. The molecule has 0 saturated carbocycles. The first-order valence-electron chi connectivity index (χ1n) is 10.8. The SMILES string of the molecule is Nc1n[nH]c2ccc(-c3ccnc(NC(=O)Nc4cccc(C(=O)Nc5ccccc5)c4)c3)cc12. The fourth-order valence-electron chi connectivity index (χ4n) is 3.63. The quantitative estimate of drug-likeness (QED) is 0.247. The number of rotatable bonds is 5. The first-order chi connectivity index (χ1) is 17.0. The molecule has 35 heavy (non-hydrogen) atoms. The molecule has 5 rings (SSSR count). The third kappa shape index (κ3) is 4.93. The molecule has 0 aliphatic carbocycles. The Balaban J connectivity index is 1.27. The number of nitrogens with one attached hydrogen (secondary N) is 4. The molecule has 6 N–H and O–H groups in total. The van der Waals surface area contributed by atoms with Crippen molar-refractivity contribution in [2.75, 3.05) is 21.7 Å². The average Bonchev–Trinajstić information content (AvgIpc) is 3.25. The third-order valence-corrected chi connectivity index (χ3v) is 5.34. The van der Waals surface area contributed by atoms with Gasteiger partial charge >= 0.3 is 6.03 Å². The monoisotopic (exact) mass is 463 g/mol. The van der Waals surface area contributed by atoms with E-state index >= 15 is 0 Å². The van der Waals surface area contributed by atoms with Gasteiger partial charge in [-0.05, 0) is 65.7 Å². The molecule has 0 aliphatic heterocycles. The number of amides is 3. The number of carbonyl (C=O) groups is 2. The van der Waals surface area contributed by atoms with Crippen molar-refractivity contribution in [3.05, 3.63) is 96.7 Å². The molecular weight excluding hydrogens is 442 g/mol. The lowest BCUT2D eigenvalue weighted by molar-refractivity contribution is 0.102. The molecule has 0 fully saturated rings. The zero-order valence-electron chi connectivity index (χ0n) is 18.4. The summed E-state index contributed by atoms with van der Waals surface area (Å²) < 4.78 is 0. The van der Waals surface area contributed by atoms with Gasteiger partial charge in [-0.3, -0.25) is 15.2 Å². The Kier molecular flexibility index (Phi) is 5.79. The molecule has 0 unspecified atom stereocenters. The number of hydrogen-bond acceptors (Lipinski definition) is 5. The number of aromatic amines is 1. The number of urea groups is 1. The summed E-state index contributed by atoms with van der Waals surface area (Å²) in [6.45, 7) is 0. The second-order valence-electron chi connectivity index (χ2n) is 7.78. The van der Waals surface area contributed by atoms with E-state index in [2.05, 4.69) is 31.1 Å². The maximum absolute atomic E-state index is 12.6. The standard InChI is InChI=1S/C26H21N7O2/c27-24-21-14-16(9-10-22(21)32-33-24)17-11-12-28-23(15-17)31-26(35)30-20-8-4-5-18(13-20)25(34)29-19-6-2-1-3-7-19/h1-15H,(H,29,34)(H3,27,32,33)(H2,28,30,31,35). The number of fused-ring (bicyclic) bond motifs is 1. The van der Waals surface area contributed by atoms with Crippen molar-refractivity contribution in [1.82, 2.24) is 15.2 Å². The highest BCUT2D eigenvalue weighted by Crippen LogP contribution is 2.27. The lowest BCUT2D eigenvalue weighted by Crippen LogP contribution is -2.20. The lowest BCUT2D eigenvalue weighted by Gasteiger charge is -2.10. The van der Waals surface area contributed by atoms with E-state index in [9.17, 15) is 9.59 Å². The van der Waals surface area contributed by atoms with Crippen LogP contribution in [0, 0.1) is 0 Å². The van der Waals surface area contributed by atoms with E-state index in [-0.39, 0.29) is 5.91 Å². The van der Waals surface area contributed by atoms with Crippen LogP contribution in [0.2, 0.25) is 0 Å². The number of nitrogens with two attached hydrogens (primary N) is 1. The van der Waals surface area contributed by atoms with Crippen LogP contribution in [-0.2, 0) is 0 Å². The molecule has 3 aromatic carbocycles. The van der Waals surface area contributed by atoms with Gasteiger partial charge in [0.15, 0.2) is 5.82 Å². The molecule has 2 heterocycles. The fourth-order valence-corrected chi connectivity index (χ4v) is 3.63. The molecule has 0 spiro atoms. The summed E-state index contributed by atoms with van der Waals surface area (Å²) in [4.78, 5) is 29.4. The largest absolute Gasteiger partial charge is 0.382 e. The summed E-state index contributed by atoms with van der Waals surface area (Å²) in [5, 5.41) is 16.0. The van der Waals surface area contributed by atoms with Crippen LogP contribution in [0.25, 0.3) is 22.0 Å². The van der Waals surface area contributed by atoms with Crippen LogP contribution >= 0.6 is 0 Å². The van der Waals surface area contributed by atoms with Crippen LogP contribution in [0.15, 0.2) is 91.1 Å². The first kappa shape index (κ1) is 21.7. The van der Waals surface area contributed by atoms with Crippen molar-refractivity contribution >= 4 is 45.9 Å². The van der Waals surface area contributed by atoms with Crippen molar-refractivity contribution in [3.8, 4) is 11.1 Å². The fraction of sp³-hybridized carbons (Fsp3) is 0. The van der Waals surface area contributed by atoms with Gasteiger partial charge in [0.1, 0.15) is 5.82 Å². The highest BCUT2D eigenvalue weighted by Gasteiger charge is 2.10. The lowest BCUT2D eigenvalue weighted by atomic mass is 10.0. The molecule has 0 atom stereocenters. The first-order valence-corrected chi connectivity index (χ1v) is 10.8. The number of nitrogen functional groups attached to an aromatic ring is 1. The Bertz CT molecular complexity index is 1530. The highest BCUT2D eigenvalue weighted by atomic mass is 16.2. The van der Waals surface area contributed by atoms with Crippen LogP contribution in [0.5, 0.6) is 0 Å². The van der Waals surface area contributed by atoms with Crippen LogP contribution in [-0.4, -0.2) is 27.1 Å². The molecule has 5 aromatic rings. The van der Waals surface area contributed by atoms with Crippen LogP contribution < -0.4 is 21.7 Å². The molecule has 0 radical (unpaired) electrons. The highest BCUT2D eigenvalue weighted by molar-refractivity contribution is 6.06. The van der Waals surface area contributed by atoms with Crippen molar-refractivity contribution < 1.29 is 9.59 Å². The average molecular weight is 464 g/mol. The number of aromatic nitrogens is 3. The minimum absolute atomic E-state index is 0.273. The predicted molar refractivity (Wildman–Crippen MR) is 137 cm³/mol. The Morgan fingerprint density at radius 2 is 1.57 bits per heavy atom. The van der Waals surface area contributed by atoms with Gasteiger partial charge in [-0.25, -0.2) is 9.78 Å². The topological polar surface area (TPSA) is 138 Å². The van der Waals surface area contributed by atoms with E-state index < -0.39 is 6.03 Å². The Morgan fingerprint density at radius 3 is 2.43 bits per heavy atom. The van der Waals surface area contributed by atoms with Crippen molar-refractivity contribution in [1.29, 1.82) is 0 Å². The Morgan fingerprint density at radius 1 is 0.771 bits per heavy atom. The number of anilines is 4. The molecule has 0 bridgehead atoms. The van der Waals surface area contributed by atoms with E-state index in [1.54, 1.807) is 48.7 Å². The summed E-state index contributed by atoms with van der Waals surface area (Å²) in [5.41, 5.74) is 10.1. The van der Waals surface area contributed by atoms with Gasteiger partial charge in [0.05, 0.1) is 5.52 Å². The second kappa shape index (κ2) is 9.36. The molecule has 0 saturated heterocycles. The second-order valence-corrected chi connectivity index (χ2v) is 7.78. The Hall–Kier alpha value is -5.18. The number of nitrogens with zero attached hydrogens (tertiary/aromatic N) is 2. The van der Waals surface area contributed by atoms with Gasteiger partial charge in [-0.1, -0.05) is 30.3 Å². The summed E-state index contributed by atoms with van der Waals surface area (Å²) in [6.07, 6.45) is 1.61. The Labute approximate surface area is 200 Å². The van der Waals surface area contributed by atoms with Gasteiger partial charge in [-0.15, -0.1) is 0 Å². The number of carbonyl (C=O) groups excluding carboxylic acids is 2. The maximum Gasteiger partial charge on any atom is 0.324 e. The van der Waals surface area contributed by atoms with E-state index in [1.807, 2.05) is 42.5 Å². The number of benzene rings is 3. The summed E-state index contributed by atoms with van der Waals surface area (Å²) in [6, 6.07) is 24.7. The smallest absolute Gasteiger partial charge is 0.324 e. The molecule has 2 aromatic heterocycles. The molecule has 3 amide bonds. The predicted octanol–water partition coefficient (Wildman–Crippen LogP) is 5.10. The van der Waals surface area contributed by atoms with Gasteiger partial charge in [0.25, 0.3) is 5.91 Å². The van der Waals surface area contributed by atoms with Crippen molar-refractivity contribution in [2.45, 2.75) is 0 Å². The maximum atomic E-state index is 12.6. The summed E-state index contributed by atoms with van der Waals surface area (Å²) in [7, 11) is 0. The minimum atomic E-state index is -0.482. The van der Waals surface area contributed by atoms with Gasteiger partial charge in [0, 0.05) is 28.5 Å². The molecule has 9 heteroatoms. The zero-order chi connectivity index (χ0) is 24.2. The van der Waals surface area contributed by atoms with Crippen LogP contribution in [0.3, 0.4) is 0 Å². The number of hydrogen-bond donors (Lipinski definition) is 5. The molecular formula is C26H21N7O2. The normalized spacial score (nSPS) is 10.6. The van der Waals surface area contributed by atoms with Gasteiger partial charge in [-0.2, -0.15) is 5.10 Å². The van der Waals surface area contributed by atoms with E-state index in [1.165, 1.54) is 0 Å². The minimum Gasteiger partial charge on any atom is -0.382 e. The van der Waals surface area contributed by atoms with Crippen molar-refractivity contribution in [2.24, 2.45) is 0 Å². The number of H-pyrrole nitrogens is 1. The van der Waals surface area contributed by atoms with E-state index in [0.717, 1.165) is 22.0 Å². The zero-order valence-corrected chi connectivity index (χ0v) is 18.4. The third-order valence-electron chi connectivity index (χ3n) is 5.34. The number of pyridine rings is 1. The van der Waals surface area contributed by atoms with Gasteiger partial charge < -0.3 is 16.4 Å². The molecule has 0 aliphatic rings. The number of para-hydroxylation sites is 1. The van der Waals surface area contributed by atoms with Crippen LogP contribution in [0.1, 0.15) is 10.4 Å². The molecule has 172 valence electrons. The van der Waals surface area contributed by atoms with Gasteiger partial charge in [0.2, 0.25) is 0 Å². The van der Waals surface area contributed by atoms with E-state index in [4.69, 9.17) is 5.73 Å². The summed E-state index contributed by atoms with van der Waals surface area (Å²) >= 11 is 0. The summed E-state index contributed by atoms with van der Waals surface area (Å²) in [5.74, 6) is 0.524. The van der Waals surface area contributed by atoms with Crippen LogP contribution in [0.4, 0.5) is 27.8 Å². The van der Waals surface area contributed by atoms with E-state index in [0.29, 0.717) is 28.6 Å². The van der Waals surface area contributed by atoms with Crippen molar-refractivity contribution in [3.63, 3.8) is 0 Å².